The number of nitrogens with zero attached hydrogens (tertiary/aromatic N) is 2. The molecule has 2 aromatic rings. The minimum absolute atomic E-state index is 0.245. The van der Waals surface area contributed by atoms with Crippen LogP contribution in [0.4, 0.5) is 13.2 Å². The first-order chi connectivity index (χ1) is 8.79. The molecule has 0 aliphatic rings. The predicted molar refractivity (Wildman–Crippen MR) is 66.2 cm³/mol. The Labute approximate surface area is 112 Å². The number of aromatic nitrogens is 2. The minimum atomic E-state index is -4.46. The maximum atomic E-state index is 12.4. The molecule has 102 valence electrons. The average Bonchev–Trinajstić information content (AvgIpc) is 2.76. The first-order valence-electron chi connectivity index (χ1n) is 5.47. The van der Waals surface area contributed by atoms with Crippen LogP contribution in [0.2, 0.25) is 5.02 Å². The highest BCUT2D eigenvalue weighted by Crippen LogP contribution is 2.29. The summed E-state index contributed by atoms with van der Waals surface area (Å²) in [5.74, 6) is 0. The van der Waals surface area contributed by atoms with E-state index in [2.05, 4.69) is 5.10 Å². The Morgan fingerprint density at radius 2 is 2.00 bits per heavy atom. The van der Waals surface area contributed by atoms with E-state index in [1.807, 2.05) is 0 Å². The lowest BCUT2D eigenvalue weighted by Crippen LogP contribution is -2.08. The van der Waals surface area contributed by atoms with Gasteiger partial charge in [0.1, 0.15) is 0 Å². The molecule has 1 unspecified atom stereocenters. The van der Waals surface area contributed by atoms with Crippen LogP contribution in [0.25, 0.3) is 5.69 Å². The van der Waals surface area contributed by atoms with Gasteiger partial charge in [-0.05, 0) is 30.7 Å². The Bertz CT molecular complexity index is 590. The molecule has 2 rings (SSSR count). The van der Waals surface area contributed by atoms with Crippen molar-refractivity contribution in [1.29, 1.82) is 0 Å². The number of hydrogen-bond donors (Lipinski definition) is 1. The van der Waals surface area contributed by atoms with Crippen molar-refractivity contribution in [2.24, 2.45) is 5.73 Å². The van der Waals surface area contributed by atoms with Gasteiger partial charge in [-0.3, -0.25) is 0 Å². The molecule has 19 heavy (non-hydrogen) atoms. The van der Waals surface area contributed by atoms with Crippen LogP contribution in [-0.4, -0.2) is 9.78 Å². The van der Waals surface area contributed by atoms with Gasteiger partial charge in [0, 0.05) is 17.3 Å². The van der Waals surface area contributed by atoms with Crippen molar-refractivity contribution < 1.29 is 13.2 Å². The first-order valence-corrected chi connectivity index (χ1v) is 5.85. The lowest BCUT2D eigenvalue weighted by atomic mass is 10.1. The maximum Gasteiger partial charge on any atom is 0.435 e. The van der Waals surface area contributed by atoms with Crippen LogP contribution in [0.3, 0.4) is 0 Å². The molecular formula is C12H11ClF3N3. The molecule has 2 N–H and O–H groups in total. The van der Waals surface area contributed by atoms with Crippen LogP contribution < -0.4 is 5.73 Å². The van der Waals surface area contributed by atoms with Gasteiger partial charge in [-0.25, -0.2) is 4.68 Å². The van der Waals surface area contributed by atoms with Crippen molar-refractivity contribution in [3.8, 4) is 5.69 Å². The quantitative estimate of drug-likeness (QED) is 0.918. The van der Waals surface area contributed by atoms with E-state index in [4.69, 9.17) is 17.3 Å². The summed E-state index contributed by atoms with van der Waals surface area (Å²) in [4.78, 5) is 0. The van der Waals surface area contributed by atoms with Crippen LogP contribution >= 0.6 is 11.6 Å². The normalized spacial score (nSPS) is 13.6. The van der Waals surface area contributed by atoms with Crippen molar-refractivity contribution in [1.82, 2.24) is 9.78 Å². The van der Waals surface area contributed by atoms with Crippen LogP contribution in [0, 0.1) is 0 Å². The summed E-state index contributed by atoms with van der Waals surface area (Å²) >= 11 is 6.03. The fourth-order valence-electron chi connectivity index (χ4n) is 1.65. The molecule has 0 spiro atoms. The van der Waals surface area contributed by atoms with Gasteiger partial charge in [0.15, 0.2) is 5.69 Å². The van der Waals surface area contributed by atoms with E-state index in [0.717, 1.165) is 16.3 Å². The summed E-state index contributed by atoms with van der Waals surface area (Å²) < 4.78 is 38.5. The van der Waals surface area contributed by atoms with E-state index in [1.54, 1.807) is 19.1 Å². The molecule has 0 amide bonds. The Morgan fingerprint density at radius 1 is 1.32 bits per heavy atom. The number of alkyl halides is 3. The third-order valence-electron chi connectivity index (χ3n) is 2.62. The van der Waals surface area contributed by atoms with Crippen LogP contribution in [0.15, 0.2) is 30.5 Å². The SMILES string of the molecule is CC(N)c1ccc(-n2ccc(C(F)(F)F)n2)cc1Cl. The first kappa shape index (κ1) is 13.9. The van der Waals surface area contributed by atoms with Gasteiger partial charge in [0.05, 0.1) is 5.69 Å². The standard InChI is InChI=1S/C12H11ClF3N3/c1-7(17)9-3-2-8(6-10(9)13)19-5-4-11(18-19)12(14,15)16/h2-7H,17H2,1H3. The van der Waals surface area contributed by atoms with E-state index >= 15 is 0 Å². The number of rotatable bonds is 2. The highest BCUT2D eigenvalue weighted by atomic mass is 35.5. The monoisotopic (exact) mass is 289 g/mol. The fourth-order valence-corrected chi connectivity index (χ4v) is 1.99. The summed E-state index contributed by atoms with van der Waals surface area (Å²) in [6.07, 6.45) is -3.22. The summed E-state index contributed by atoms with van der Waals surface area (Å²) in [6.45, 7) is 1.77. The Kier molecular flexibility index (Phi) is 3.56. The van der Waals surface area contributed by atoms with E-state index in [0.29, 0.717) is 10.7 Å². The van der Waals surface area contributed by atoms with Crippen molar-refractivity contribution in [2.45, 2.75) is 19.1 Å². The van der Waals surface area contributed by atoms with Crippen LogP contribution in [-0.2, 0) is 6.18 Å². The van der Waals surface area contributed by atoms with Crippen molar-refractivity contribution >= 4 is 11.6 Å². The molecule has 7 heteroatoms. The van der Waals surface area contributed by atoms with Gasteiger partial charge in [0.25, 0.3) is 0 Å². The molecule has 0 aliphatic heterocycles. The summed E-state index contributed by atoms with van der Waals surface area (Å²) in [5, 5.41) is 3.87. The molecule has 0 radical (unpaired) electrons. The second-order valence-corrected chi connectivity index (χ2v) is 4.54. The molecule has 1 aromatic carbocycles. The van der Waals surface area contributed by atoms with E-state index in [9.17, 15) is 13.2 Å². The van der Waals surface area contributed by atoms with Gasteiger partial charge in [-0.2, -0.15) is 18.3 Å². The molecule has 3 nitrogen and oxygen atoms in total. The van der Waals surface area contributed by atoms with Crippen molar-refractivity contribution in [3.63, 3.8) is 0 Å². The molecule has 1 aromatic heterocycles. The van der Waals surface area contributed by atoms with E-state index in [1.165, 1.54) is 12.3 Å². The highest BCUT2D eigenvalue weighted by molar-refractivity contribution is 6.31. The predicted octanol–water partition coefficient (Wildman–Crippen LogP) is 3.56. The lowest BCUT2D eigenvalue weighted by molar-refractivity contribution is -0.141. The maximum absolute atomic E-state index is 12.4. The zero-order valence-electron chi connectivity index (χ0n) is 9.95. The highest BCUT2D eigenvalue weighted by Gasteiger charge is 2.33. The number of benzene rings is 1. The van der Waals surface area contributed by atoms with Crippen LogP contribution in [0.1, 0.15) is 24.2 Å². The van der Waals surface area contributed by atoms with E-state index < -0.39 is 11.9 Å². The van der Waals surface area contributed by atoms with Gasteiger partial charge >= 0.3 is 6.18 Å². The third-order valence-corrected chi connectivity index (χ3v) is 2.95. The number of nitrogens with two attached hydrogens (primary N) is 1. The Balaban J connectivity index is 2.38. The van der Waals surface area contributed by atoms with Gasteiger partial charge < -0.3 is 5.73 Å². The Hall–Kier alpha value is -1.53. The molecule has 1 atom stereocenters. The average molecular weight is 290 g/mol. The molecule has 0 aliphatic carbocycles. The molecule has 0 saturated heterocycles. The smallest absolute Gasteiger partial charge is 0.324 e. The van der Waals surface area contributed by atoms with Crippen molar-refractivity contribution in [3.05, 3.63) is 46.7 Å². The lowest BCUT2D eigenvalue weighted by Gasteiger charge is -2.10. The molecule has 1 heterocycles. The zero-order chi connectivity index (χ0) is 14.2. The molecular weight excluding hydrogens is 279 g/mol. The minimum Gasteiger partial charge on any atom is -0.324 e. The second-order valence-electron chi connectivity index (χ2n) is 4.14. The summed E-state index contributed by atoms with van der Waals surface area (Å²) in [6, 6.07) is 5.50. The largest absolute Gasteiger partial charge is 0.435 e. The third kappa shape index (κ3) is 2.90. The molecule has 0 bridgehead atoms. The van der Waals surface area contributed by atoms with Crippen molar-refractivity contribution in [2.75, 3.05) is 0 Å². The number of halogens is 4. The molecule has 0 fully saturated rings. The summed E-state index contributed by atoms with van der Waals surface area (Å²) in [5.41, 5.74) is 5.94. The summed E-state index contributed by atoms with van der Waals surface area (Å²) in [7, 11) is 0. The zero-order valence-corrected chi connectivity index (χ0v) is 10.7. The van der Waals surface area contributed by atoms with Gasteiger partial charge in [-0.1, -0.05) is 17.7 Å². The van der Waals surface area contributed by atoms with Gasteiger partial charge in [0.2, 0.25) is 0 Å². The Morgan fingerprint density at radius 3 is 2.47 bits per heavy atom. The van der Waals surface area contributed by atoms with Gasteiger partial charge in [-0.15, -0.1) is 0 Å². The number of hydrogen-bond acceptors (Lipinski definition) is 2. The second kappa shape index (κ2) is 4.86. The topological polar surface area (TPSA) is 43.8 Å². The van der Waals surface area contributed by atoms with Crippen LogP contribution in [0.5, 0.6) is 0 Å². The van der Waals surface area contributed by atoms with E-state index in [-0.39, 0.29) is 6.04 Å². The molecule has 0 saturated carbocycles. The fraction of sp³-hybridized carbons (Fsp3) is 0.250.